The smallest absolute Gasteiger partial charge is 0.254 e. The van der Waals surface area contributed by atoms with E-state index < -0.39 is 0 Å². The highest BCUT2D eigenvalue weighted by Gasteiger charge is 2.25. The number of rotatable bonds is 8. The highest BCUT2D eigenvalue weighted by atomic mass is 16.5. The lowest BCUT2D eigenvalue weighted by Crippen LogP contribution is -2.50. The number of hydrogen-bond donors (Lipinski definition) is 0. The summed E-state index contributed by atoms with van der Waals surface area (Å²) in [6, 6.07) is 13.0. The Morgan fingerprint density at radius 3 is 2.16 bits per heavy atom. The fourth-order valence-corrected chi connectivity index (χ4v) is 3.52. The van der Waals surface area contributed by atoms with Crippen LogP contribution in [0.15, 0.2) is 42.5 Å². The molecule has 3 rings (SSSR count). The van der Waals surface area contributed by atoms with E-state index in [4.69, 9.17) is 14.2 Å². The van der Waals surface area contributed by atoms with Gasteiger partial charge in [-0.15, -0.1) is 0 Å². The quantitative estimate of drug-likeness (QED) is 0.607. The molecule has 0 spiro atoms. The molecule has 1 aliphatic heterocycles. The van der Waals surface area contributed by atoms with Crippen molar-refractivity contribution in [1.29, 1.82) is 0 Å². The minimum atomic E-state index is -0.0699. The zero-order valence-corrected chi connectivity index (χ0v) is 18.4. The van der Waals surface area contributed by atoms with Crippen molar-refractivity contribution < 1.29 is 23.8 Å². The lowest BCUT2D eigenvalue weighted by Gasteiger charge is -2.35. The minimum absolute atomic E-state index is 0.0699. The fourth-order valence-electron chi connectivity index (χ4n) is 3.52. The number of ether oxygens (including phenoxy) is 3. The molecular formula is C24H30N2O5. The maximum atomic E-state index is 12.8. The molecule has 1 heterocycles. The number of carbonyl (C=O) groups is 2. The molecule has 0 atom stereocenters. The van der Waals surface area contributed by atoms with Crippen LogP contribution in [0, 0.1) is 6.92 Å². The summed E-state index contributed by atoms with van der Waals surface area (Å²) in [5, 5.41) is 0. The van der Waals surface area contributed by atoms with Crippen LogP contribution in [0.1, 0.15) is 28.8 Å². The molecule has 0 N–H and O–H groups in total. The van der Waals surface area contributed by atoms with Gasteiger partial charge in [-0.1, -0.05) is 17.7 Å². The Bertz CT molecular complexity index is 889. The molecule has 31 heavy (non-hydrogen) atoms. The second-order valence-electron chi connectivity index (χ2n) is 7.51. The molecule has 2 aromatic carbocycles. The van der Waals surface area contributed by atoms with Gasteiger partial charge in [0, 0.05) is 38.2 Å². The van der Waals surface area contributed by atoms with Crippen molar-refractivity contribution in [3.8, 4) is 17.2 Å². The summed E-state index contributed by atoms with van der Waals surface area (Å²) in [6.07, 6.45) is 1.10. The lowest BCUT2D eigenvalue weighted by molar-refractivity contribution is -0.132. The third kappa shape index (κ3) is 5.90. The molecule has 0 unspecified atom stereocenters. The number of carbonyl (C=O) groups excluding carboxylic acids is 2. The van der Waals surface area contributed by atoms with Crippen molar-refractivity contribution in [3.63, 3.8) is 0 Å². The molecule has 7 nitrogen and oxygen atoms in total. The topological polar surface area (TPSA) is 68.3 Å². The van der Waals surface area contributed by atoms with E-state index in [9.17, 15) is 9.59 Å². The summed E-state index contributed by atoms with van der Waals surface area (Å²) < 4.78 is 16.2. The van der Waals surface area contributed by atoms with Crippen LogP contribution in [0.3, 0.4) is 0 Å². The Morgan fingerprint density at radius 1 is 0.871 bits per heavy atom. The van der Waals surface area contributed by atoms with E-state index in [-0.39, 0.29) is 11.8 Å². The van der Waals surface area contributed by atoms with Gasteiger partial charge in [-0.25, -0.2) is 0 Å². The number of nitrogens with zero attached hydrogens (tertiary/aromatic N) is 2. The molecule has 2 aromatic rings. The lowest BCUT2D eigenvalue weighted by atomic mass is 10.1. The average Bonchev–Trinajstić information content (AvgIpc) is 2.82. The Hall–Kier alpha value is -3.22. The van der Waals surface area contributed by atoms with Crippen LogP contribution in [0.5, 0.6) is 17.2 Å². The molecule has 166 valence electrons. The first-order valence-corrected chi connectivity index (χ1v) is 10.5. The molecule has 0 radical (unpaired) electrons. The van der Waals surface area contributed by atoms with Crippen LogP contribution in [0.2, 0.25) is 0 Å². The zero-order chi connectivity index (χ0) is 22.2. The van der Waals surface area contributed by atoms with Crippen molar-refractivity contribution in [2.24, 2.45) is 0 Å². The highest BCUT2D eigenvalue weighted by molar-refractivity contribution is 5.95. The Morgan fingerprint density at radius 2 is 1.52 bits per heavy atom. The van der Waals surface area contributed by atoms with Gasteiger partial charge in [0.05, 0.1) is 20.8 Å². The minimum Gasteiger partial charge on any atom is -0.494 e. The molecule has 1 aliphatic rings. The number of hydrogen-bond acceptors (Lipinski definition) is 5. The molecule has 1 saturated heterocycles. The van der Waals surface area contributed by atoms with E-state index in [1.165, 1.54) is 5.56 Å². The summed E-state index contributed by atoms with van der Waals surface area (Å²) in [7, 11) is 3.10. The molecule has 2 amide bonds. The van der Waals surface area contributed by atoms with Gasteiger partial charge in [0.2, 0.25) is 5.91 Å². The van der Waals surface area contributed by atoms with Crippen LogP contribution in [0.4, 0.5) is 0 Å². The first-order valence-electron chi connectivity index (χ1n) is 10.5. The summed E-state index contributed by atoms with van der Waals surface area (Å²) >= 11 is 0. The maximum Gasteiger partial charge on any atom is 0.254 e. The molecule has 7 heteroatoms. The first kappa shape index (κ1) is 22.5. The SMILES string of the molecule is COc1ccc(C(=O)N2CCN(C(=O)CCCOc3ccc(C)cc3)CC2)cc1OC. The summed E-state index contributed by atoms with van der Waals surface area (Å²) in [4.78, 5) is 28.9. The highest BCUT2D eigenvalue weighted by Crippen LogP contribution is 2.28. The van der Waals surface area contributed by atoms with Crippen molar-refractivity contribution in [2.75, 3.05) is 47.0 Å². The Labute approximate surface area is 183 Å². The largest absolute Gasteiger partial charge is 0.494 e. The van der Waals surface area contributed by atoms with Gasteiger partial charge in [-0.2, -0.15) is 0 Å². The molecular weight excluding hydrogens is 396 g/mol. The van der Waals surface area contributed by atoms with E-state index in [2.05, 4.69) is 0 Å². The van der Waals surface area contributed by atoms with Crippen LogP contribution < -0.4 is 14.2 Å². The average molecular weight is 427 g/mol. The van der Waals surface area contributed by atoms with Crippen LogP contribution in [0.25, 0.3) is 0 Å². The van der Waals surface area contributed by atoms with Crippen molar-refractivity contribution >= 4 is 11.8 Å². The zero-order valence-electron chi connectivity index (χ0n) is 18.4. The molecule has 0 saturated carbocycles. The van der Waals surface area contributed by atoms with Gasteiger partial charge < -0.3 is 24.0 Å². The Balaban J connectivity index is 1.42. The van der Waals surface area contributed by atoms with E-state index >= 15 is 0 Å². The molecule has 0 bridgehead atoms. The summed E-state index contributed by atoms with van der Waals surface area (Å²) in [5.41, 5.74) is 1.73. The number of aryl methyl sites for hydroxylation is 1. The second kappa shape index (κ2) is 10.7. The van der Waals surface area contributed by atoms with Gasteiger partial charge in [0.15, 0.2) is 11.5 Å². The van der Waals surface area contributed by atoms with Crippen LogP contribution in [-0.2, 0) is 4.79 Å². The molecule has 1 fully saturated rings. The van der Waals surface area contributed by atoms with E-state index in [1.54, 1.807) is 37.3 Å². The normalized spacial score (nSPS) is 13.6. The van der Waals surface area contributed by atoms with E-state index in [0.29, 0.717) is 62.7 Å². The molecule has 0 aromatic heterocycles. The summed E-state index contributed by atoms with van der Waals surface area (Å²) in [6.45, 7) is 4.64. The van der Waals surface area contributed by atoms with Gasteiger partial charge in [0.25, 0.3) is 5.91 Å². The van der Waals surface area contributed by atoms with Crippen LogP contribution >= 0.6 is 0 Å². The fraction of sp³-hybridized carbons (Fsp3) is 0.417. The second-order valence-corrected chi connectivity index (χ2v) is 7.51. The standard InChI is InChI=1S/C24H30N2O5/c1-18-6-9-20(10-7-18)31-16-4-5-23(27)25-12-14-26(15-13-25)24(28)19-8-11-21(29-2)22(17-19)30-3/h6-11,17H,4-5,12-16H2,1-3H3. The van der Waals surface area contributed by atoms with Crippen molar-refractivity contribution in [2.45, 2.75) is 19.8 Å². The van der Waals surface area contributed by atoms with Crippen LogP contribution in [-0.4, -0.2) is 68.6 Å². The number of benzene rings is 2. The monoisotopic (exact) mass is 426 g/mol. The van der Waals surface area contributed by atoms with E-state index in [0.717, 1.165) is 5.75 Å². The maximum absolute atomic E-state index is 12.8. The van der Waals surface area contributed by atoms with E-state index in [1.807, 2.05) is 36.1 Å². The van der Waals surface area contributed by atoms with Gasteiger partial charge >= 0.3 is 0 Å². The predicted octanol–water partition coefficient (Wildman–Crippen LogP) is 3.16. The number of methoxy groups -OCH3 is 2. The van der Waals surface area contributed by atoms with Crippen molar-refractivity contribution in [3.05, 3.63) is 53.6 Å². The third-order valence-corrected chi connectivity index (χ3v) is 5.37. The third-order valence-electron chi connectivity index (χ3n) is 5.37. The first-order chi connectivity index (χ1) is 15.0. The predicted molar refractivity (Wildman–Crippen MR) is 118 cm³/mol. The summed E-state index contributed by atoms with van der Waals surface area (Å²) in [5.74, 6) is 1.96. The number of amides is 2. The van der Waals surface area contributed by atoms with Gasteiger partial charge in [-0.3, -0.25) is 9.59 Å². The van der Waals surface area contributed by atoms with Crippen molar-refractivity contribution in [1.82, 2.24) is 9.80 Å². The Kier molecular flexibility index (Phi) is 7.76. The number of piperazine rings is 1. The van der Waals surface area contributed by atoms with Gasteiger partial charge in [0.1, 0.15) is 5.75 Å². The molecule has 0 aliphatic carbocycles. The van der Waals surface area contributed by atoms with Gasteiger partial charge in [-0.05, 0) is 43.7 Å².